The highest BCUT2D eigenvalue weighted by Gasteiger charge is 2.39. The van der Waals surface area contributed by atoms with Gasteiger partial charge in [-0.25, -0.2) is 0 Å². The number of nitriles is 1. The molecule has 1 heterocycles. The molecule has 3 atom stereocenters. The Kier molecular flexibility index (Phi) is 6.15. The Morgan fingerprint density at radius 2 is 1.93 bits per heavy atom. The van der Waals surface area contributed by atoms with E-state index in [-0.39, 0.29) is 5.92 Å². The Hall–Kier alpha value is -1.37. The molecule has 1 aliphatic heterocycles. The molecule has 1 nitrogen and oxygen atoms in total. The highest BCUT2D eigenvalue weighted by atomic mass is 32.2. The SMILES string of the molecule is Cc1cccc(CC(C2SCCCS2)C2CCc3ccccc3C2C#N)c1. The molecule has 140 valence electrons. The van der Waals surface area contributed by atoms with Gasteiger partial charge in [-0.3, -0.25) is 0 Å². The highest BCUT2D eigenvalue weighted by Crippen LogP contribution is 2.48. The molecule has 0 N–H and O–H groups in total. The van der Waals surface area contributed by atoms with Crippen molar-refractivity contribution in [2.75, 3.05) is 11.5 Å². The minimum Gasteiger partial charge on any atom is -0.198 e. The molecule has 3 unspecified atom stereocenters. The Bertz CT molecular complexity index is 819. The standard InChI is InChI=1S/C24H27NS2/c1-17-6-4-7-18(14-17)15-22(24-26-12-5-13-27-24)21-11-10-19-8-2-3-9-20(19)23(21)16-25/h2-4,6-9,14,21-24H,5,10-13,15H2,1H3. The zero-order valence-corrected chi connectivity index (χ0v) is 17.6. The van der Waals surface area contributed by atoms with Gasteiger partial charge in [0.1, 0.15) is 0 Å². The van der Waals surface area contributed by atoms with Crippen molar-refractivity contribution in [3.05, 3.63) is 70.8 Å². The quantitative estimate of drug-likeness (QED) is 0.616. The average Bonchev–Trinajstić information content (AvgIpc) is 2.72. The van der Waals surface area contributed by atoms with E-state index in [9.17, 15) is 5.26 Å². The van der Waals surface area contributed by atoms with Crippen LogP contribution in [0.2, 0.25) is 0 Å². The van der Waals surface area contributed by atoms with Gasteiger partial charge in [0.2, 0.25) is 0 Å². The largest absolute Gasteiger partial charge is 0.198 e. The molecule has 2 aliphatic rings. The van der Waals surface area contributed by atoms with Gasteiger partial charge in [-0.2, -0.15) is 5.26 Å². The summed E-state index contributed by atoms with van der Waals surface area (Å²) < 4.78 is 0.616. The van der Waals surface area contributed by atoms with Crippen molar-refractivity contribution in [1.82, 2.24) is 0 Å². The van der Waals surface area contributed by atoms with E-state index in [1.54, 1.807) is 0 Å². The number of fused-ring (bicyclic) bond motifs is 1. The first-order valence-electron chi connectivity index (χ1n) is 10.0. The molecule has 1 fully saturated rings. The molecule has 0 saturated carbocycles. The lowest BCUT2D eigenvalue weighted by Gasteiger charge is -2.40. The van der Waals surface area contributed by atoms with Crippen LogP contribution in [0.15, 0.2) is 48.5 Å². The number of hydrogen-bond acceptors (Lipinski definition) is 3. The summed E-state index contributed by atoms with van der Waals surface area (Å²) in [5.74, 6) is 3.58. The van der Waals surface area contributed by atoms with E-state index in [1.165, 1.54) is 40.2 Å². The predicted octanol–water partition coefficient (Wildman–Crippen LogP) is 6.22. The molecule has 0 aromatic heterocycles. The van der Waals surface area contributed by atoms with Crippen LogP contribution in [0.5, 0.6) is 0 Å². The van der Waals surface area contributed by atoms with Gasteiger partial charge in [-0.05, 0) is 72.6 Å². The van der Waals surface area contributed by atoms with Crippen molar-refractivity contribution in [1.29, 1.82) is 5.26 Å². The minimum atomic E-state index is 0.0351. The second-order valence-corrected chi connectivity index (χ2v) is 10.6. The first kappa shape index (κ1) is 19.0. The zero-order valence-electron chi connectivity index (χ0n) is 15.9. The van der Waals surface area contributed by atoms with Crippen LogP contribution in [0.4, 0.5) is 0 Å². The Labute approximate surface area is 171 Å². The fraction of sp³-hybridized carbons (Fsp3) is 0.458. The topological polar surface area (TPSA) is 23.8 Å². The van der Waals surface area contributed by atoms with Gasteiger partial charge in [-0.1, -0.05) is 54.1 Å². The number of thioether (sulfide) groups is 2. The Morgan fingerprint density at radius 3 is 2.70 bits per heavy atom. The highest BCUT2D eigenvalue weighted by molar-refractivity contribution is 8.17. The molecular weight excluding hydrogens is 366 g/mol. The molecule has 1 saturated heterocycles. The van der Waals surface area contributed by atoms with Gasteiger partial charge in [-0.15, -0.1) is 23.5 Å². The van der Waals surface area contributed by atoms with Gasteiger partial charge in [0.05, 0.1) is 16.6 Å². The molecule has 1 aliphatic carbocycles. The molecule has 27 heavy (non-hydrogen) atoms. The Morgan fingerprint density at radius 1 is 1.11 bits per heavy atom. The second kappa shape index (κ2) is 8.76. The summed E-state index contributed by atoms with van der Waals surface area (Å²) in [4.78, 5) is 0. The van der Waals surface area contributed by atoms with E-state index >= 15 is 0 Å². The molecule has 0 bridgehead atoms. The fourth-order valence-electron chi connectivity index (χ4n) is 4.73. The van der Waals surface area contributed by atoms with Crippen LogP contribution in [0, 0.1) is 30.1 Å². The summed E-state index contributed by atoms with van der Waals surface area (Å²) in [6.07, 6.45) is 4.67. The normalized spacial score (nSPS) is 24.0. The van der Waals surface area contributed by atoms with E-state index in [1.807, 2.05) is 0 Å². The van der Waals surface area contributed by atoms with Crippen LogP contribution in [0.25, 0.3) is 0 Å². The molecule has 0 spiro atoms. The summed E-state index contributed by atoms with van der Waals surface area (Å²) in [7, 11) is 0. The number of benzene rings is 2. The fourth-order valence-corrected chi connectivity index (χ4v) is 8.05. The van der Waals surface area contributed by atoms with Gasteiger partial charge >= 0.3 is 0 Å². The first-order chi connectivity index (χ1) is 13.3. The van der Waals surface area contributed by atoms with Crippen LogP contribution < -0.4 is 0 Å². The maximum absolute atomic E-state index is 10.1. The number of aryl methyl sites for hydroxylation is 2. The molecule has 2 aromatic carbocycles. The monoisotopic (exact) mass is 393 g/mol. The van der Waals surface area contributed by atoms with Crippen LogP contribution in [0.1, 0.15) is 41.0 Å². The third kappa shape index (κ3) is 4.23. The maximum Gasteiger partial charge on any atom is 0.0747 e. The van der Waals surface area contributed by atoms with E-state index < -0.39 is 0 Å². The smallest absolute Gasteiger partial charge is 0.0747 e. The van der Waals surface area contributed by atoms with Crippen LogP contribution in [-0.4, -0.2) is 16.1 Å². The molecule has 0 amide bonds. The van der Waals surface area contributed by atoms with Gasteiger partial charge in [0.25, 0.3) is 0 Å². The van der Waals surface area contributed by atoms with E-state index in [4.69, 9.17) is 0 Å². The van der Waals surface area contributed by atoms with Crippen molar-refractivity contribution >= 4 is 23.5 Å². The van der Waals surface area contributed by atoms with Crippen LogP contribution in [-0.2, 0) is 12.8 Å². The second-order valence-electron chi connectivity index (χ2n) is 7.83. The van der Waals surface area contributed by atoms with E-state index in [2.05, 4.69) is 85.0 Å². The molecule has 3 heteroatoms. The van der Waals surface area contributed by atoms with Gasteiger partial charge < -0.3 is 0 Å². The summed E-state index contributed by atoms with van der Waals surface area (Å²) >= 11 is 4.27. The van der Waals surface area contributed by atoms with Crippen molar-refractivity contribution in [3.8, 4) is 6.07 Å². The number of hydrogen-bond donors (Lipinski definition) is 0. The third-order valence-electron chi connectivity index (χ3n) is 6.01. The van der Waals surface area contributed by atoms with Crippen LogP contribution in [0.3, 0.4) is 0 Å². The number of rotatable bonds is 4. The summed E-state index contributed by atoms with van der Waals surface area (Å²) in [6, 6.07) is 20.3. The van der Waals surface area contributed by atoms with Gasteiger partial charge in [0, 0.05) is 0 Å². The van der Waals surface area contributed by atoms with Crippen molar-refractivity contribution < 1.29 is 0 Å². The maximum atomic E-state index is 10.1. The molecule has 2 aromatic rings. The minimum absolute atomic E-state index is 0.0351. The van der Waals surface area contributed by atoms with Crippen molar-refractivity contribution in [3.63, 3.8) is 0 Å². The molecule has 0 radical (unpaired) electrons. The van der Waals surface area contributed by atoms with E-state index in [0.29, 0.717) is 16.4 Å². The lowest BCUT2D eigenvalue weighted by atomic mass is 9.69. The predicted molar refractivity (Wildman–Crippen MR) is 118 cm³/mol. The first-order valence-corrected chi connectivity index (χ1v) is 12.1. The summed E-state index contributed by atoms with van der Waals surface area (Å²) in [5.41, 5.74) is 5.44. The molecule has 4 rings (SSSR count). The van der Waals surface area contributed by atoms with Crippen LogP contribution >= 0.6 is 23.5 Å². The van der Waals surface area contributed by atoms with Crippen molar-refractivity contribution in [2.24, 2.45) is 11.8 Å². The number of nitrogens with zero attached hydrogens (tertiary/aromatic N) is 1. The van der Waals surface area contributed by atoms with Crippen molar-refractivity contribution in [2.45, 2.75) is 43.1 Å². The lowest BCUT2D eigenvalue weighted by molar-refractivity contribution is 0.292. The van der Waals surface area contributed by atoms with E-state index in [0.717, 1.165) is 19.3 Å². The summed E-state index contributed by atoms with van der Waals surface area (Å²) in [5, 5.41) is 10.1. The average molecular weight is 394 g/mol. The lowest BCUT2D eigenvalue weighted by Crippen LogP contribution is -2.34. The Balaban J connectivity index is 1.66. The zero-order chi connectivity index (χ0) is 18.6. The third-order valence-corrected chi connectivity index (χ3v) is 9.23. The van der Waals surface area contributed by atoms with Gasteiger partial charge in [0.15, 0.2) is 0 Å². The molecular formula is C24H27NS2. The summed E-state index contributed by atoms with van der Waals surface area (Å²) in [6.45, 7) is 2.18.